The number of nitrogens with zero attached hydrogens (tertiary/aromatic N) is 4. The van der Waals surface area contributed by atoms with E-state index in [2.05, 4.69) is 10.5 Å². The molecule has 0 aliphatic carbocycles. The molecule has 1 N–H and O–H groups in total. The second-order valence-corrected chi connectivity index (χ2v) is 4.69. The van der Waals surface area contributed by atoms with E-state index in [0.717, 1.165) is 18.2 Å². The Bertz CT molecular complexity index is 883. The van der Waals surface area contributed by atoms with Crippen LogP contribution in [-0.4, -0.2) is 22.0 Å². The van der Waals surface area contributed by atoms with Gasteiger partial charge < -0.3 is 0 Å². The van der Waals surface area contributed by atoms with Crippen LogP contribution in [0.25, 0.3) is 0 Å². The number of nitro benzene ring substituents is 2. The predicted molar refractivity (Wildman–Crippen MR) is 86.0 cm³/mol. The summed E-state index contributed by atoms with van der Waals surface area (Å²) in [5, 5.41) is 34.0. The Labute approximate surface area is 140 Å². The SMILES string of the molecule is N#Cc1ccc(/C=N\NC(=O)c2cc([N+](=O)[O-])cc([N+](=O)[O-])c2)cc1. The van der Waals surface area contributed by atoms with Crippen LogP contribution in [0.15, 0.2) is 47.6 Å². The largest absolute Gasteiger partial charge is 0.277 e. The van der Waals surface area contributed by atoms with E-state index < -0.39 is 27.1 Å². The zero-order valence-electron chi connectivity index (χ0n) is 12.4. The number of non-ortho nitro benzene ring substituents is 2. The molecule has 0 radical (unpaired) electrons. The lowest BCUT2D eigenvalue weighted by molar-refractivity contribution is -0.394. The maximum atomic E-state index is 12.0. The normalized spacial score (nSPS) is 10.2. The number of nitro groups is 2. The van der Waals surface area contributed by atoms with E-state index in [9.17, 15) is 25.0 Å². The monoisotopic (exact) mass is 339 g/mol. The standard InChI is InChI=1S/C15H9N5O5/c16-8-10-1-3-11(4-2-10)9-17-18-15(21)12-5-13(19(22)23)7-14(6-12)20(24)25/h1-7,9H,(H,18,21)/b17-9-. The molecule has 0 unspecified atom stereocenters. The van der Waals surface area contributed by atoms with Gasteiger partial charge in [-0.05, 0) is 17.7 Å². The molecule has 0 atom stereocenters. The molecule has 0 saturated carbocycles. The fourth-order valence-electron chi connectivity index (χ4n) is 1.81. The number of hydrazone groups is 1. The number of carbonyl (C=O) groups is 1. The second-order valence-electron chi connectivity index (χ2n) is 4.69. The van der Waals surface area contributed by atoms with Crippen LogP contribution in [0, 0.1) is 31.6 Å². The summed E-state index contributed by atoms with van der Waals surface area (Å²) >= 11 is 0. The lowest BCUT2D eigenvalue weighted by Crippen LogP contribution is -2.18. The maximum absolute atomic E-state index is 12.0. The summed E-state index contributed by atoms with van der Waals surface area (Å²) in [7, 11) is 0. The first-order valence-corrected chi connectivity index (χ1v) is 6.68. The average molecular weight is 339 g/mol. The minimum atomic E-state index is -0.836. The Balaban J connectivity index is 2.17. The summed E-state index contributed by atoms with van der Waals surface area (Å²) in [4.78, 5) is 31.9. The lowest BCUT2D eigenvalue weighted by atomic mass is 10.1. The number of rotatable bonds is 5. The Morgan fingerprint density at radius 2 is 1.64 bits per heavy atom. The van der Waals surface area contributed by atoms with Crippen molar-refractivity contribution in [3.63, 3.8) is 0 Å². The molecule has 10 heteroatoms. The molecule has 0 aromatic heterocycles. The maximum Gasteiger partial charge on any atom is 0.277 e. The van der Waals surface area contributed by atoms with Gasteiger partial charge in [0.1, 0.15) is 0 Å². The second kappa shape index (κ2) is 7.42. The van der Waals surface area contributed by atoms with E-state index in [0.29, 0.717) is 11.1 Å². The highest BCUT2D eigenvalue weighted by Crippen LogP contribution is 2.22. The van der Waals surface area contributed by atoms with E-state index in [4.69, 9.17) is 5.26 Å². The molecular formula is C15H9N5O5. The molecule has 0 bridgehead atoms. The first kappa shape index (κ1) is 17.2. The summed E-state index contributed by atoms with van der Waals surface area (Å²) in [6.07, 6.45) is 1.30. The lowest BCUT2D eigenvalue weighted by Gasteiger charge is -2.01. The molecule has 0 aliphatic heterocycles. The van der Waals surface area contributed by atoms with Crippen LogP contribution in [0.2, 0.25) is 0 Å². The van der Waals surface area contributed by atoms with E-state index in [1.54, 1.807) is 24.3 Å². The third-order valence-corrected chi connectivity index (χ3v) is 3.01. The summed E-state index contributed by atoms with van der Waals surface area (Å²) in [6.45, 7) is 0. The highest BCUT2D eigenvalue weighted by molar-refractivity contribution is 5.96. The van der Waals surface area contributed by atoms with Crippen LogP contribution in [0.4, 0.5) is 11.4 Å². The van der Waals surface area contributed by atoms with Gasteiger partial charge in [0.2, 0.25) is 0 Å². The molecule has 25 heavy (non-hydrogen) atoms. The third kappa shape index (κ3) is 4.42. The number of hydrogen-bond donors (Lipinski definition) is 1. The van der Waals surface area contributed by atoms with E-state index in [-0.39, 0.29) is 5.56 Å². The highest BCUT2D eigenvalue weighted by Gasteiger charge is 2.19. The number of benzene rings is 2. The first-order valence-electron chi connectivity index (χ1n) is 6.68. The van der Waals surface area contributed by atoms with Crippen molar-refractivity contribution >= 4 is 23.5 Å². The van der Waals surface area contributed by atoms with Crippen LogP contribution in [-0.2, 0) is 0 Å². The van der Waals surface area contributed by atoms with Crippen molar-refractivity contribution in [2.75, 3.05) is 0 Å². The van der Waals surface area contributed by atoms with Gasteiger partial charge in [0.15, 0.2) is 0 Å². The fourth-order valence-corrected chi connectivity index (χ4v) is 1.81. The fraction of sp³-hybridized carbons (Fsp3) is 0. The number of nitrogens with one attached hydrogen (secondary N) is 1. The zero-order chi connectivity index (χ0) is 18.4. The molecule has 0 heterocycles. The summed E-state index contributed by atoms with van der Waals surface area (Å²) < 4.78 is 0. The Morgan fingerprint density at radius 1 is 1.08 bits per heavy atom. The molecule has 2 rings (SSSR count). The van der Waals surface area contributed by atoms with Gasteiger partial charge in [-0.15, -0.1) is 0 Å². The van der Waals surface area contributed by atoms with E-state index >= 15 is 0 Å². The molecule has 0 saturated heterocycles. The quantitative estimate of drug-likeness (QED) is 0.500. The smallest absolute Gasteiger partial charge is 0.267 e. The zero-order valence-corrected chi connectivity index (χ0v) is 12.4. The van der Waals surface area contributed by atoms with E-state index in [1.165, 1.54) is 6.21 Å². The predicted octanol–water partition coefficient (Wildman–Crippen LogP) is 2.14. The summed E-state index contributed by atoms with van der Waals surface area (Å²) in [6, 6.07) is 10.9. The highest BCUT2D eigenvalue weighted by atomic mass is 16.6. The van der Waals surface area contributed by atoms with Crippen LogP contribution >= 0.6 is 0 Å². The van der Waals surface area contributed by atoms with Gasteiger partial charge in [0.25, 0.3) is 17.3 Å². The topological polar surface area (TPSA) is 152 Å². The molecule has 0 fully saturated rings. The van der Waals surface area contributed by atoms with Gasteiger partial charge in [-0.3, -0.25) is 25.0 Å². The molecule has 0 aliphatic rings. The van der Waals surface area contributed by atoms with Gasteiger partial charge in [-0.25, -0.2) is 5.43 Å². The van der Waals surface area contributed by atoms with Gasteiger partial charge >= 0.3 is 0 Å². The third-order valence-electron chi connectivity index (χ3n) is 3.01. The minimum Gasteiger partial charge on any atom is -0.267 e. The number of nitriles is 1. The Kier molecular flexibility index (Phi) is 5.12. The molecule has 124 valence electrons. The van der Waals surface area contributed by atoms with Crippen LogP contribution < -0.4 is 5.43 Å². The van der Waals surface area contributed by atoms with Crippen molar-refractivity contribution in [1.82, 2.24) is 5.43 Å². The first-order chi connectivity index (χ1) is 11.9. The number of carbonyl (C=O) groups excluding carboxylic acids is 1. The van der Waals surface area contributed by atoms with Crippen molar-refractivity contribution in [1.29, 1.82) is 5.26 Å². The summed E-state index contributed by atoms with van der Waals surface area (Å²) in [5.74, 6) is -0.836. The van der Waals surface area contributed by atoms with E-state index in [1.807, 2.05) is 6.07 Å². The molecule has 0 spiro atoms. The van der Waals surface area contributed by atoms with Crippen LogP contribution in [0.1, 0.15) is 21.5 Å². The van der Waals surface area contributed by atoms with Gasteiger partial charge in [-0.1, -0.05) is 12.1 Å². The Hall–Kier alpha value is -4.13. The number of hydrogen-bond acceptors (Lipinski definition) is 7. The molecule has 2 aromatic carbocycles. The van der Waals surface area contributed by atoms with Gasteiger partial charge in [0.05, 0.1) is 39.3 Å². The summed E-state index contributed by atoms with van der Waals surface area (Å²) in [5.41, 5.74) is 1.78. The average Bonchev–Trinajstić information content (AvgIpc) is 2.61. The Morgan fingerprint density at radius 3 is 2.12 bits per heavy atom. The van der Waals surface area contributed by atoms with Gasteiger partial charge in [0, 0.05) is 12.1 Å². The molecular weight excluding hydrogens is 330 g/mol. The molecule has 10 nitrogen and oxygen atoms in total. The number of amides is 1. The van der Waals surface area contributed by atoms with Crippen molar-refractivity contribution in [2.24, 2.45) is 5.10 Å². The molecule has 2 aromatic rings. The van der Waals surface area contributed by atoms with Crippen LogP contribution in [0.5, 0.6) is 0 Å². The van der Waals surface area contributed by atoms with Crippen molar-refractivity contribution in [2.45, 2.75) is 0 Å². The van der Waals surface area contributed by atoms with Crippen molar-refractivity contribution in [3.8, 4) is 6.07 Å². The van der Waals surface area contributed by atoms with Crippen LogP contribution in [0.3, 0.4) is 0 Å². The minimum absolute atomic E-state index is 0.266. The van der Waals surface area contributed by atoms with Crippen molar-refractivity contribution in [3.05, 3.63) is 79.4 Å². The molecule has 1 amide bonds. The van der Waals surface area contributed by atoms with Crippen molar-refractivity contribution < 1.29 is 14.6 Å². The van der Waals surface area contributed by atoms with Gasteiger partial charge in [-0.2, -0.15) is 10.4 Å².